The first-order chi connectivity index (χ1) is 19.6. The van der Waals surface area contributed by atoms with E-state index in [1.165, 1.54) is 70.6 Å². The molecule has 40 heavy (non-hydrogen) atoms. The highest BCUT2D eigenvalue weighted by Crippen LogP contribution is 2.11. The number of ether oxygens (including phenoxy) is 2. The van der Waals surface area contributed by atoms with Crippen molar-refractivity contribution in [2.24, 2.45) is 0 Å². The van der Waals surface area contributed by atoms with E-state index in [1.807, 2.05) is 0 Å². The number of allylic oxidation sites excluding steroid dienone is 6. The SMILES string of the molecule is CCCCC=CCCCCCCCC(=O)OC(CO)COC(=O)CCCCCCCC=CCC=CCCCCC. The number of carbonyl (C=O) groups is 2. The highest BCUT2D eigenvalue weighted by atomic mass is 16.6. The van der Waals surface area contributed by atoms with Gasteiger partial charge in [-0.05, 0) is 64.2 Å². The van der Waals surface area contributed by atoms with Crippen LogP contribution in [0.4, 0.5) is 0 Å². The largest absolute Gasteiger partial charge is 0.462 e. The molecule has 0 aliphatic carbocycles. The molecule has 0 rings (SSSR count). The van der Waals surface area contributed by atoms with Crippen molar-refractivity contribution < 1.29 is 24.2 Å². The summed E-state index contributed by atoms with van der Waals surface area (Å²) in [5, 5.41) is 9.48. The zero-order chi connectivity index (χ0) is 29.4. The molecule has 0 aromatic rings. The smallest absolute Gasteiger partial charge is 0.306 e. The Balaban J connectivity index is 3.63. The van der Waals surface area contributed by atoms with Gasteiger partial charge in [-0.3, -0.25) is 9.59 Å². The lowest BCUT2D eigenvalue weighted by Crippen LogP contribution is -2.28. The maximum atomic E-state index is 12.1. The summed E-state index contributed by atoms with van der Waals surface area (Å²) in [5.74, 6) is -0.622. The molecule has 1 unspecified atom stereocenters. The number of esters is 2. The van der Waals surface area contributed by atoms with E-state index < -0.39 is 6.10 Å². The second-order valence-electron chi connectivity index (χ2n) is 10.9. The van der Waals surface area contributed by atoms with E-state index in [9.17, 15) is 14.7 Å². The minimum atomic E-state index is -0.777. The van der Waals surface area contributed by atoms with Crippen LogP contribution in [0.5, 0.6) is 0 Å². The van der Waals surface area contributed by atoms with Crippen LogP contribution in [0, 0.1) is 0 Å². The topological polar surface area (TPSA) is 72.8 Å². The molecular formula is C35H62O5. The third-order valence-electron chi connectivity index (χ3n) is 6.91. The Morgan fingerprint density at radius 1 is 0.575 bits per heavy atom. The first-order valence-electron chi connectivity index (χ1n) is 16.5. The zero-order valence-corrected chi connectivity index (χ0v) is 26.1. The fourth-order valence-electron chi connectivity index (χ4n) is 4.33. The van der Waals surface area contributed by atoms with Gasteiger partial charge in [0.1, 0.15) is 6.61 Å². The Morgan fingerprint density at radius 3 is 1.57 bits per heavy atom. The Hall–Kier alpha value is -1.88. The van der Waals surface area contributed by atoms with Crippen LogP contribution in [0.25, 0.3) is 0 Å². The van der Waals surface area contributed by atoms with Crippen molar-refractivity contribution in [1.29, 1.82) is 0 Å². The Labute approximate surface area is 246 Å². The molecule has 0 fully saturated rings. The molecule has 0 aromatic carbocycles. The Morgan fingerprint density at radius 2 is 1.02 bits per heavy atom. The van der Waals surface area contributed by atoms with Gasteiger partial charge in [-0.15, -0.1) is 0 Å². The first-order valence-corrected chi connectivity index (χ1v) is 16.5. The van der Waals surface area contributed by atoms with Crippen LogP contribution in [0.1, 0.15) is 155 Å². The van der Waals surface area contributed by atoms with Crippen LogP contribution in [0.3, 0.4) is 0 Å². The molecule has 0 saturated carbocycles. The van der Waals surface area contributed by atoms with Crippen molar-refractivity contribution in [2.75, 3.05) is 13.2 Å². The molecule has 0 spiro atoms. The Bertz CT molecular complexity index is 652. The van der Waals surface area contributed by atoms with Crippen LogP contribution in [0.15, 0.2) is 36.5 Å². The van der Waals surface area contributed by atoms with Crippen LogP contribution in [-0.2, 0) is 19.1 Å². The van der Waals surface area contributed by atoms with Gasteiger partial charge in [0.05, 0.1) is 6.61 Å². The number of carbonyl (C=O) groups excluding carboxylic acids is 2. The van der Waals surface area contributed by atoms with Gasteiger partial charge in [0.15, 0.2) is 6.10 Å². The monoisotopic (exact) mass is 562 g/mol. The lowest BCUT2D eigenvalue weighted by Gasteiger charge is -2.15. The van der Waals surface area contributed by atoms with Crippen LogP contribution in [0.2, 0.25) is 0 Å². The summed E-state index contributed by atoms with van der Waals surface area (Å²) in [4.78, 5) is 24.1. The molecule has 232 valence electrons. The van der Waals surface area contributed by atoms with E-state index in [1.54, 1.807) is 0 Å². The van der Waals surface area contributed by atoms with Crippen molar-refractivity contribution in [3.63, 3.8) is 0 Å². The van der Waals surface area contributed by atoms with Crippen molar-refractivity contribution >= 4 is 11.9 Å². The van der Waals surface area contributed by atoms with Crippen LogP contribution < -0.4 is 0 Å². The summed E-state index contributed by atoms with van der Waals surface area (Å²) in [6, 6.07) is 0. The quantitative estimate of drug-likeness (QED) is 0.0558. The molecule has 0 aliphatic heterocycles. The van der Waals surface area contributed by atoms with Gasteiger partial charge >= 0.3 is 11.9 Å². The van der Waals surface area contributed by atoms with Gasteiger partial charge in [0, 0.05) is 12.8 Å². The van der Waals surface area contributed by atoms with Crippen molar-refractivity contribution in [2.45, 2.75) is 161 Å². The van der Waals surface area contributed by atoms with Crippen LogP contribution >= 0.6 is 0 Å². The van der Waals surface area contributed by atoms with E-state index >= 15 is 0 Å². The van der Waals surface area contributed by atoms with E-state index in [2.05, 4.69) is 50.3 Å². The molecular weight excluding hydrogens is 500 g/mol. The first kappa shape index (κ1) is 38.1. The van der Waals surface area contributed by atoms with Crippen molar-refractivity contribution in [3.8, 4) is 0 Å². The average molecular weight is 563 g/mol. The maximum absolute atomic E-state index is 12.1. The maximum Gasteiger partial charge on any atom is 0.306 e. The van der Waals surface area contributed by atoms with Gasteiger partial charge in [0.2, 0.25) is 0 Å². The fourth-order valence-corrected chi connectivity index (χ4v) is 4.33. The summed E-state index contributed by atoms with van der Waals surface area (Å²) in [6.45, 7) is 4.03. The molecule has 5 heteroatoms. The number of hydrogen-bond acceptors (Lipinski definition) is 5. The van der Waals surface area contributed by atoms with Gasteiger partial charge < -0.3 is 14.6 Å². The fraction of sp³-hybridized carbons (Fsp3) is 0.771. The second-order valence-corrected chi connectivity index (χ2v) is 10.9. The number of aliphatic hydroxyl groups is 1. The van der Waals surface area contributed by atoms with Crippen LogP contribution in [-0.4, -0.2) is 36.4 Å². The molecule has 0 saturated heterocycles. The lowest BCUT2D eigenvalue weighted by atomic mass is 10.1. The minimum Gasteiger partial charge on any atom is -0.462 e. The summed E-state index contributed by atoms with van der Waals surface area (Å²) in [5.41, 5.74) is 0. The standard InChI is InChI=1S/C35H62O5/c1-3-5-7-9-11-13-15-16-17-18-20-21-23-25-27-29-34(37)39-32-33(31-36)40-35(38)30-28-26-24-22-19-14-12-10-8-6-4-2/h10-13,16-17,33,36H,3-9,14-15,18-32H2,1-2H3. The average Bonchev–Trinajstić information content (AvgIpc) is 2.96. The lowest BCUT2D eigenvalue weighted by molar-refractivity contribution is -0.161. The molecule has 1 N–H and O–H groups in total. The summed E-state index contributed by atoms with van der Waals surface area (Å²) < 4.78 is 10.5. The van der Waals surface area contributed by atoms with E-state index in [-0.39, 0.29) is 25.2 Å². The number of aliphatic hydroxyl groups excluding tert-OH is 1. The zero-order valence-electron chi connectivity index (χ0n) is 26.1. The van der Waals surface area contributed by atoms with E-state index in [0.717, 1.165) is 57.8 Å². The number of unbranched alkanes of at least 4 members (excludes halogenated alkanes) is 15. The summed E-state index contributed by atoms with van der Waals surface area (Å²) in [6.07, 6.45) is 36.2. The number of hydrogen-bond donors (Lipinski definition) is 1. The van der Waals surface area contributed by atoms with Gasteiger partial charge in [0.25, 0.3) is 0 Å². The molecule has 5 nitrogen and oxygen atoms in total. The second kappa shape index (κ2) is 31.6. The molecule has 0 bridgehead atoms. The number of rotatable bonds is 29. The molecule has 0 heterocycles. The predicted octanol–water partition coefficient (Wildman–Crippen LogP) is 9.72. The summed E-state index contributed by atoms with van der Waals surface area (Å²) >= 11 is 0. The molecule has 0 radical (unpaired) electrons. The molecule has 0 aromatic heterocycles. The third-order valence-corrected chi connectivity index (χ3v) is 6.91. The minimum absolute atomic E-state index is 0.0763. The molecule has 1 atom stereocenters. The van der Waals surface area contributed by atoms with E-state index in [0.29, 0.717) is 12.8 Å². The van der Waals surface area contributed by atoms with Gasteiger partial charge in [-0.2, -0.15) is 0 Å². The van der Waals surface area contributed by atoms with Crippen molar-refractivity contribution in [1.82, 2.24) is 0 Å². The highest BCUT2D eigenvalue weighted by molar-refractivity contribution is 5.70. The molecule has 0 amide bonds. The van der Waals surface area contributed by atoms with Crippen molar-refractivity contribution in [3.05, 3.63) is 36.5 Å². The third kappa shape index (κ3) is 29.1. The van der Waals surface area contributed by atoms with E-state index in [4.69, 9.17) is 9.47 Å². The van der Waals surface area contributed by atoms with Gasteiger partial charge in [-0.25, -0.2) is 0 Å². The highest BCUT2D eigenvalue weighted by Gasteiger charge is 2.16. The predicted molar refractivity (Wildman–Crippen MR) is 168 cm³/mol. The van der Waals surface area contributed by atoms with Gasteiger partial charge in [-0.1, -0.05) is 115 Å². The summed E-state index contributed by atoms with van der Waals surface area (Å²) in [7, 11) is 0. The Kier molecular flexibility index (Phi) is 30.2. The normalized spacial score (nSPS) is 12.6. The molecule has 0 aliphatic rings.